The Morgan fingerprint density at radius 3 is 2.44 bits per heavy atom. The lowest BCUT2D eigenvalue weighted by Gasteiger charge is -2.17. The molecular weight excluding hydrogens is 252 g/mol. The van der Waals surface area contributed by atoms with Crippen molar-refractivity contribution in [2.75, 3.05) is 13.1 Å². The summed E-state index contributed by atoms with van der Waals surface area (Å²) in [4.78, 5) is 13.9. The van der Waals surface area contributed by atoms with Crippen LogP contribution in [0.5, 0.6) is 0 Å². The molecule has 5 nitrogen and oxygen atoms in total. The third-order valence-corrected chi connectivity index (χ3v) is 4.03. The molecular formula is C12H16N2O3S. The highest BCUT2D eigenvalue weighted by molar-refractivity contribution is 7.89. The highest BCUT2D eigenvalue weighted by atomic mass is 32.2. The van der Waals surface area contributed by atoms with E-state index in [-0.39, 0.29) is 16.4 Å². The van der Waals surface area contributed by atoms with Crippen LogP contribution in [0.25, 0.3) is 0 Å². The maximum Gasteiger partial charge on any atom is 0.255 e. The van der Waals surface area contributed by atoms with E-state index in [1.165, 1.54) is 6.07 Å². The molecule has 0 unspecified atom stereocenters. The van der Waals surface area contributed by atoms with Gasteiger partial charge in [0.1, 0.15) is 0 Å². The Bertz CT molecular complexity index is 575. The van der Waals surface area contributed by atoms with E-state index in [4.69, 9.17) is 5.14 Å². The first kappa shape index (κ1) is 13.0. The fourth-order valence-corrected chi connectivity index (χ4v) is 2.86. The second kappa shape index (κ2) is 4.70. The van der Waals surface area contributed by atoms with Crippen LogP contribution < -0.4 is 5.14 Å². The molecule has 1 aliphatic rings. The van der Waals surface area contributed by atoms with Crippen LogP contribution in [0.2, 0.25) is 0 Å². The van der Waals surface area contributed by atoms with Crippen LogP contribution >= 0.6 is 0 Å². The zero-order valence-corrected chi connectivity index (χ0v) is 11.0. The van der Waals surface area contributed by atoms with Gasteiger partial charge in [0.2, 0.25) is 10.0 Å². The lowest BCUT2D eigenvalue weighted by atomic mass is 10.1. The summed E-state index contributed by atoms with van der Waals surface area (Å²) in [6.45, 7) is 3.17. The van der Waals surface area contributed by atoms with E-state index < -0.39 is 10.0 Å². The second-order valence-corrected chi connectivity index (χ2v) is 6.07. The van der Waals surface area contributed by atoms with E-state index in [2.05, 4.69) is 0 Å². The highest BCUT2D eigenvalue weighted by Crippen LogP contribution is 2.20. The Balaban J connectivity index is 2.48. The van der Waals surface area contributed by atoms with Gasteiger partial charge in [0.15, 0.2) is 0 Å². The van der Waals surface area contributed by atoms with Crippen LogP contribution in [0.15, 0.2) is 23.1 Å². The molecule has 1 amide bonds. The summed E-state index contributed by atoms with van der Waals surface area (Å²) in [5, 5.41) is 5.15. The van der Waals surface area contributed by atoms with Crippen molar-refractivity contribution in [3.63, 3.8) is 0 Å². The number of primary sulfonamides is 1. The second-order valence-electron chi connectivity index (χ2n) is 4.54. The predicted molar refractivity (Wildman–Crippen MR) is 67.7 cm³/mol. The van der Waals surface area contributed by atoms with Gasteiger partial charge in [-0.1, -0.05) is 11.6 Å². The maximum atomic E-state index is 12.3. The number of rotatable bonds is 2. The van der Waals surface area contributed by atoms with Crippen molar-refractivity contribution in [3.05, 3.63) is 29.3 Å². The third-order valence-electron chi connectivity index (χ3n) is 3.07. The first-order chi connectivity index (χ1) is 8.39. The van der Waals surface area contributed by atoms with Crippen molar-refractivity contribution in [1.29, 1.82) is 0 Å². The minimum Gasteiger partial charge on any atom is -0.339 e. The molecule has 2 rings (SSSR count). The Morgan fingerprint density at radius 1 is 1.28 bits per heavy atom. The Hall–Kier alpha value is -1.40. The molecule has 0 atom stereocenters. The molecule has 18 heavy (non-hydrogen) atoms. The summed E-state index contributed by atoms with van der Waals surface area (Å²) >= 11 is 0. The lowest BCUT2D eigenvalue weighted by molar-refractivity contribution is 0.0789. The number of hydrogen-bond acceptors (Lipinski definition) is 3. The standard InChI is InChI=1S/C12H16N2O3S/c1-9-4-5-11(18(13,16)17)10(8-9)12(15)14-6-2-3-7-14/h4-5,8H,2-3,6-7H2,1H3,(H2,13,16,17). The molecule has 0 radical (unpaired) electrons. The molecule has 0 aromatic heterocycles. The molecule has 1 saturated heterocycles. The minimum absolute atomic E-state index is 0.0926. The van der Waals surface area contributed by atoms with Crippen LogP contribution in [0.1, 0.15) is 28.8 Å². The molecule has 0 aliphatic carbocycles. The Morgan fingerprint density at radius 2 is 1.89 bits per heavy atom. The molecule has 1 fully saturated rings. The maximum absolute atomic E-state index is 12.3. The molecule has 0 bridgehead atoms. The van der Waals surface area contributed by atoms with Gasteiger partial charge in [-0.15, -0.1) is 0 Å². The third kappa shape index (κ3) is 2.54. The van der Waals surface area contributed by atoms with Gasteiger partial charge in [-0.2, -0.15) is 0 Å². The van der Waals surface area contributed by atoms with Gasteiger partial charge in [-0.05, 0) is 31.9 Å². The van der Waals surface area contributed by atoms with Gasteiger partial charge >= 0.3 is 0 Å². The Kier molecular flexibility index (Phi) is 3.41. The average Bonchev–Trinajstić information content (AvgIpc) is 2.79. The van der Waals surface area contributed by atoms with Crippen LogP contribution in [0.3, 0.4) is 0 Å². The summed E-state index contributed by atoms with van der Waals surface area (Å²) in [5.41, 5.74) is 1.02. The summed E-state index contributed by atoms with van der Waals surface area (Å²) in [7, 11) is -3.87. The SMILES string of the molecule is Cc1ccc(S(N)(=O)=O)c(C(=O)N2CCCC2)c1. The van der Waals surface area contributed by atoms with Crippen LogP contribution in [-0.2, 0) is 10.0 Å². The van der Waals surface area contributed by atoms with E-state index in [1.807, 2.05) is 6.92 Å². The van der Waals surface area contributed by atoms with Crippen molar-refractivity contribution in [2.24, 2.45) is 5.14 Å². The Labute approximate surface area is 107 Å². The van der Waals surface area contributed by atoms with E-state index in [9.17, 15) is 13.2 Å². The van der Waals surface area contributed by atoms with Crippen molar-refractivity contribution in [3.8, 4) is 0 Å². The molecule has 1 heterocycles. The summed E-state index contributed by atoms with van der Waals surface area (Å²) in [6, 6.07) is 4.62. The number of hydrogen-bond donors (Lipinski definition) is 1. The molecule has 98 valence electrons. The topological polar surface area (TPSA) is 80.5 Å². The van der Waals surface area contributed by atoms with Crippen LogP contribution in [-0.4, -0.2) is 32.3 Å². The molecule has 0 spiro atoms. The quantitative estimate of drug-likeness (QED) is 0.864. The molecule has 1 aromatic rings. The number of aryl methyl sites for hydroxylation is 1. The summed E-state index contributed by atoms with van der Waals surface area (Å²) in [6.07, 6.45) is 1.92. The highest BCUT2D eigenvalue weighted by Gasteiger charge is 2.25. The molecule has 1 aromatic carbocycles. The zero-order chi connectivity index (χ0) is 13.3. The number of likely N-dealkylation sites (tertiary alicyclic amines) is 1. The zero-order valence-electron chi connectivity index (χ0n) is 10.2. The van der Waals surface area contributed by atoms with Gasteiger partial charge in [0, 0.05) is 13.1 Å². The van der Waals surface area contributed by atoms with E-state index in [1.54, 1.807) is 17.0 Å². The number of carbonyl (C=O) groups is 1. The van der Waals surface area contributed by atoms with Gasteiger partial charge in [-0.3, -0.25) is 4.79 Å². The van der Waals surface area contributed by atoms with Crippen molar-refractivity contribution in [1.82, 2.24) is 4.90 Å². The molecule has 0 saturated carbocycles. The number of carbonyl (C=O) groups excluding carboxylic acids is 1. The normalized spacial score (nSPS) is 16.0. The first-order valence-corrected chi connectivity index (χ1v) is 7.37. The lowest BCUT2D eigenvalue weighted by Crippen LogP contribution is -2.30. The fraction of sp³-hybridized carbons (Fsp3) is 0.417. The predicted octanol–water partition coefficient (Wildman–Crippen LogP) is 0.878. The van der Waals surface area contributed by atoms with E-state index >= 15 is 0 Å². The van der Waals surface area contributed by atoms with Gasteiger partial charge in [0.05, 0.1) is 10.5 Å². The van der Waals surface area contributed by atoms with Gasteiger partial charge in [-0.25, -0.2) is 13.6 Å². The van der Waals surface area contributed by atoms with Crippen LogP contribution in [0.4, 0.5) is 0 Å². The molecule has 2 N–H and O–H groups in total. The fourth-order valence-electron chi connectivity index (χ4n) is 2.15. The van der Waals surface area contributed by atoms with E-state index in [0.717, 1.165) is 18.4 Å². The number of benzene rings is 1. The monoisotopic (exact) mass is 268 g/mol. The number of nitrogens with two attached hydrogens (primary N) is 1. The van der Waals surface area contributed by atoms with Crippen molar-refractivity contribution >= 4 is 15.9 Å². The minimum atomic E-state index is -3.87. The number of amides is 1. The summed E-state index contributed by atoms with van der Waals surface area (Å²) in [5.74, 6) is -0.250. The number of nitrogens with zero attached hydrogens (tertiary/aromatic N) is 1. The number of sulfonamides is 1. The molecule has 6 heteroatoms. The van der Waals surface area contributed by atoms with Crippen molar-refractivity contribution in [2.45, 2.75) is 24.7 Å². The van der Waals surface area contributed by atoms with Crippen molar-refractivity contribution < 1.29 is 13.2 Å². The van der Waals surface area contributed by atoms with E-state index in [0.29, 0.717) is 13.1 Å². The van der Waals surface area contributed by atoms with Gasteiger partial charge < -0.3 is 4.90 Å². The first-order valence-electron chi connectivity index (χ1n) is 5.82. The molecule has 1 aliphatic heterocycles. The summed E-state index contributed by atoms with van der Waals surface area (Å²) < 4.78 is 23.0. The largest absolute Gasteiger partial charge is 0.339 e. The van der Waals surface area contributed by atoms with Gasteiger partial charge in [0.25, 0.3) is 5.91 Å². The van der Waals surface area contributed by atoms with Crippen LogP contribution in [0, 0.1) is 6.92 Å². The average molecular weight is 268 g/mol. The smallest absolute Gasteiger partial charge is 0.255 e.